The number of aliphatic imine (C=N–C) groups is 1. The number of hydrogen-bond donors (Lipinski definition) is 2. The first-order chi connectivity index (χ1) is 14.0. The Hall–Kier alpha value is -2.43. The highest BCUT2D eigenvalue weighted by atomic mass is 16.5. The first kappa shape index (κ1) is 22.9. The van der Waals surface area contributed by atoms with Crippen LogP contribution in [0.25, 0.3) is 0 Å². The third-order valence-electron chi connectivity index (χ3n) is 4.57. The molecule has 1 aliphatic heterocycles. The van der Waals surface area contributed by atoms with Gasteiger partial charge in [0.25, 0.3) is 0 Å². The fourth-order valence-corrected chi connectivity index (χ4v) is 3.27. The predicted molar refractivity (Wildman–Crippen MR) is 117 cm³/mol. The molecule has 0 radical (unpaired) electrons. The van der Waals surface area contributed by atoms with Gasteiger partial charge in [0.1, 0.15) is 6.61 Å². The van der Waals surface area contributed by atoms with Gasteiger partial charge in [0.2, 0.25) is 0 Å². The standard InChI is InChI=1S/C22H34N4O3/c1-6-10-29-21-12-18(7-8-20(21)27-5)13-24-22(23-4)25-14-19-16-26(9-11-28-19)15-17(2)3/h1,7-8,12,17,19H,9-11,13-16H2,2-5H3,(H2,23,24,25). The fraction of sp³-hybridized carbons (Fsp3) is 0.591. The molecule has 7 nitrogen and oxygen atoms in total. The van der Waals surface area contributed by atoms with Crippen LogP contribution in [-0.4, -0.2) is 70.5 Å². The molecule has 1 saturated heterocycles. The number of rotatable bonds is 9. The molecule has 2 rings (SSSR count). The zero-order valence-electron chi connectivity index (χ0n) is 18.0. The van der Waals surface area contributed by atoms with Gasteiger partial charge in [0.05, 0.1) is 19.8 Å². The Morgan fingerprint density at radius 2 is 2.21 bits per heavy atom. The van der Waals surface area contributed by atoms with E-state index in [-0.39, 0.29) is 12.7 Å². The van der Waals surface area contributed by atoms with Crippen LogP contribution in [0.2, 0.25) is 0 Å². The van der Waals surface area contributed by atoms with Crippen LogP contribution in [0.1, 0.15) is 19.4 Å². The monoisotopic (exact) mass is 402 g/mol. The van der Waals surface area contributed by atoms with Crippen LogP contribution < -0.4 is 20.1 Å². The Morgan fingerprint density at radius 3 is 2.90 bits per heavy atom. The summed E-state index contributed by atoms with van der Waals surface area (Å²) in [6.45, 7) is 9.83. The van der Waals surface area contributed by atoms with Gasteiger partial charge in [-0.1, -0.05) is 25.8 Å². The van der Waals surface area contributed by atoms with Crippen LogP contribution in [0.5, 0.6) is 11.5 Å². The second kappa shape index (κ2) is 12.2. The summed E-state index contributed by atoms with van der Waals surface area (Å²) in [6, 6.07) is 5.78. The number of nitrogens with one attached hydrogen (secondary N) is 2. The van der Waals surface area contributed by atoms with Crippen molar-refractivity contribution in [3.63, 3.8) is 0 Å². The van der Waals surface area contributed by atoms with E-state index in [2.05, 4.69) is 40.3 Å². The molecule has 1 aromatic rings. The van der Waals surface area contributed by atoms with Gasteiger partial charge in [-0.05, 0) is 23.6 Å². The van der Waals surface area contributed by atoms with Crippen LogP contribution >= 0.6 is 0 Å². The zero-order chi connectivity index (χ0) is 21.1. The fourth-order valence-electron chi connectivity index (χ4n) is 3.27. The van der Waals surface area contributed by atoms with Gasteiger partial charge in [-0.25, -0.2) is 0 Å². The number of ether oxygens (including phenoxy) is 3. The molecular formula is C22H34N4O3. The predicted octanol–water partition coefficient (Wildman–Crippen LogP) is 1.73. The van der Waals surface area contributed by atoms with E-state index in [1.54, 1.807) is 14.2 Å². The first-order valence-corrected chi connectivity index (χ1v) is 10.1. The molecule has 0 spiro atoms. The number of nitrogens with zero attached hydrogens (tertiary/aromatic N) is 2. The van der Waals surface area contributed by atoms with Gasteiger partial charge >= 0.3 is 0 Å². The highest BCUT2D eigenvalue weighted by Gasteiger charge is 2.21. The zero-order valence-corrected chi connectivity index (χ0v) is 18.0. The molecule has 2 N–H and O–H groups in total. The lowest BCUT2D eigenvalue weighted by Gasteiger charge is -2.34. The lowest BCUT2D eigenvalue weighted by molar-refractivity contribution is -0.0284. The summed E-state index contributed by atoms with van der Waals surface area (Å²) in [4.78, 5) is 6.77. The lowest BCUT2D eigenvalue weighted by Crippen LogP contribution is -2.50. The third-order valence-corrected chi connectivity index (χ3v) is 4.57. The van der Waals surface area contributed by atoms with Crippen molar-refractivity contribution in [1.29, 1.82) is 0 Å². The summed E-state index contributed by atoms with van der Waals surface area (Å²) < 4.78 is 16.8. The van der Waals surface area contributed by atoms with Gasteiger partial charge in [0, 0.05) is 39.8 Å². The SMILES string of the molecule is C#CCOc1cc(CNC(=NC)NCC2CN(CC(C)C)CCO2)ccc1OC. The Balaban J connectivity index is 1.84. The second-order valence-corrected chi connectivity index (χ2v) is 7.43. The summed E-state index contributed by atoms with van der Waals surface area (Å²) in [5.74, 6) is 5.16. The average Bonchev–Trinajstić information content (AvgIpc) is 2.72. The van der Waals surface area contributed by atoms with E-state index in [0.29, 0.717) is 30.5 Å². The van der Waals surface area contributed by atoms with E-state index in [1.165, 1.54) is 0 Å². The minimum absolute atomic E-state index is 0.158. The molecule has 0 aromatic heterocycles. The van der Waals surface area contributed by atoms with Gasteiger partial charge in [-0.3, -0.25) is 9.89 Å². The summed E-state index contributed by atoms with van der Waals surface area (Å²) in [7, 11) is 3.37. The Labute approximate surface area is 174 Å². The van der Waals surface area contributed by atoms with E-state index in [0.717, 1.165) is 37.8 Å². The van der Waals surface area contributed by atoms with Crippen molar-refractivity contribution in [2.24, 2.45) is 10.9 Å². The van der Waals surface area contributed by atoms with E-state index in [1.807, 2.05) is 18.2 Å². The van der Waals surface area contributed by atoms with Crippen LogP contribution in [0.4, 0.5) is 0 Å². The molecule has 1 aromatic carbocycles. The van der Waals surface area contributed by atoms with Gasteiger partial charge < -0.3 is 24.8 Å². The highest BCUT2D eigenvalue weighted by Crippen LogP contribution is 2.27. The van der Waals surface area contributed by atoms with Crippen LogP contribution in [0.15, 0.2) is 23.2 Å². The van der Waals surface area contributed by atoms with Crippen molar-refractivity contribution in [3.8, 4) is 23.8 Å². The van der Waals surface area contributed by atoms with Crippen LogP contribution in [0.3, 0.4) is 0 Å². The average molecular weight is 403 g/mol. The Bertz CT molecular complexity index is 700. The Kier molecular flexibility index (Phi) is 9.62. The molecule has 160 valence electrons. The highest BCUT2D eigenvalue weighted by molar-refractivity contribution is 5.79. The first-order valence-electron chi connectivity index (χ1n) is 10.1. The van der Waals surface area contributed by atoms with Crippen molar-refractivity contribution >= 4 is 5.96 Å². The molecule has 0 saturated carbocycles. The largest absolute Gasteiger partial charge is 0.493 e. The maximum Gasteiger partial charge on any atom is 0.191 e. The molecule has 1 fully saturated rings. The summed E-state index contributed by atoms with van der Waals surface area (Å²) in [6.07, 6.45) is 5.44. The maximum atomic E-state index is 5.89. The molecule has 1 heterocycles. The van der Waals surface area contributed by atoms with Gasteiger partial charge in [-0.15, -0.1) is 6.42 Å². The maximum absolute atomic E-state index is 5.89. The molecule has 7 heteroatoms. The Morgan fingerprint density at radius 1 is 1.38 bits per heavy atom. The topological polar surface area (TPSA) is 67.4 Å². The van der Waals surface area contributed by atoms with Crippen molar-refractivity contribution in [2.75, 3.05) is 53.6 Å². The van der Waals surface area contributed by atoms with Crippen molar-refractivity contribution in [2.45, 2.75) is 26.5 Å². The van der Waals surface area contributed by atoms with Crippen molar-refractivity contribution in [1.82, 2.24) is 15.5 Å². The van der Waals surface area contributed by atoms with Crippen molar-refractivity contribution in [3.05, 3.63) is 23.8 Å². The molecule has 0 aliphatic carbocycles. The van der Waals surface area contributed by atoms with Crippen LogP contribution in [0, 0.1) is 18.3 Å². The number of terminal acetylenes is 1. The summed E-state index contributed by atoms with van der Waals surface area (Å²) in [5, 5.41) is 6.68. The van der Waals surface area contributed by atoms with E-state index in [4.69, 9.17) is 20.6 Å². The molecule has 1 atom stereocenters. The molecule has 1 aliphatic rings. The quantitative estimate of drug-likeness (QED) is 0.373. The minimum atomic E-state index is 0.158. The molecular weight excluding hydrogens is 368 g/mol. The summed E-state index contributed by atoms with van der Waals surface area (Å²) in [5.41, 5.74) is 1.04. The number of methoxy groups -OCH3 is 1. The minimum Gasteiger partial charge on any atom is -0.493 e. The van der Waals surface area contributed by atoms with Crippen LogP contribution in [-0.2, 0) is 11.3 Å². The van der Waals surface area contributed by atoms with Gasteiger partial charge in [-0.2, -0.15) is 0 Å². The van der Waals surface area contributed by atoms with E-state index in [9.17, 15) is 0 Å². The molecule has 1 unspecified atom stereocenters. The number of guanidine groups is 1. The second-order valence-electron chi connectivity index (χ2n) is 7.43. The molecule has 0 bridgehead atoms. The third kappa shape index (κ3) is 7.84. The van der Waals surface area contributed by atoms with E-state index < -0.39 is 0 Å². The number of hydrogen-bond acceptors (Lipinski definition) is 5. The molecule has 29 heavy (non-hydrogen) atoms. The molecule has 0 amide bonds. The number of morpholine rings is 1. The number of benzene rings is 1. The lowest BCUT2D eigenvalue weighted by atomic mass is 10.2. The van der Waals surface area contributed by atoms with Crippen molar-refractivity contribution < 1.29 is 14.2 Å². The summed E-state index contributed by atoms with van der Waals surface area (Å²) >= 11 is 0. The smallest absolute Gasteiger partial charge is 0.191 e. The van der Waals surface area contributed by atoms with E-state index >= 15 is 0 Å². The van der Waals surface area contributed by atoms with Gasteiger partial charge in [0.15, 0.2) is 17.5 Å². The normalized spacial score (nSPS) is 17.7.